The van der Waals surface area contributed by atoms with Gasteiger partial charge in [-0.05, 0) is 30.0 Å². The Bertz CT molecular complexity index is 1190. The second-order valence-corrected chi connectivity index (χ2v) is 8.31. The number of rotatable bonds is 2. The molecule has 1 aliphatic rings. The molecule has 5 rings (SSSR count). The van der Waals surface area contributed by atoms with Crippen molar-refractivity contribution < 1.29 is 4.52 Å². The third kappa shape index (κ3) is 2.74. The highest BCUT2D eigenvalue weighted by molar-refractivity contribution is 7.99. The molecule has 0 N–H and O–H groups in total. The Kier molecular flexibility index (Phi) is 3.98. The van der Waals surface area contributed by atoms with Crippen molar-refractivity contribution in [3.8, 4) is 33.2 Å². The third-order valence-electron chi connectivity index (χ3n) is 4.55. The Balaban J connectivity index is 1.88. The molecule has 0 unspecified atom stereocenters. The summed E-state index contributed by atoms with van der Waals surface area (Å²) >= 11 is 3.41. The lowest BCUT2D eigenvalue weighted by atomic mass is 10.0. The predicted molar refractivity (Wildman–Crippen MR) is 108 cm³/mol. The van der Waals surface area contributed by atoms with Gasteiger partial charge in [0, 0.05) is 22.8 Å². The number of thioether (sulfide) groups is 1. The number of aryl methyl sites for hydroxylation is 1. The van der Waals surface area contributed by atoms with Crippen LogP contribution in [0.1, 0.15) is 5.82 Å². The third-order valence-corrected chi connectivity index (χ3v) is 6.64. The average Bonchev–Trinajstić information content (AvgIpc) is 3.28. The fourth-order valence-electron chi connectivity index (χ4n) is 3.35. The van der Waals surface area contributed by atoms with Crippen LogP contribution in [-0.2, 0) is 6.54 Å². The zero-order chi connectivity index (χ0) is 18.4. The van der Waals surface area contributed by atoms with E-state index in [0.717, 1.165) is 27.5 Å². The molecule has 7 heteroatoms. The molecule has 4 aromatic rings. The topological polar surface area (TPSA) is 60.9 Å². The van der Waals surface area contributed by atoms with Gasteiger partial charge in [-0.3, -0.25) is 4.79 Å². The number of hydrogen-bond donors (Lipinski definition) is 0. The van der Waals surface area contributed by atoms with Crippen molar-refractivity contribution in [1.29, 1.82) is 0 Å². The summed E-state index contributed by atoms with van der Waals surface area (Å²) < 4.78 is 7.37. The van der Waals surface area contributed by atoms with Gasteiger partial charge in [0.15, 0.2) is 5.82 Å². The highest BCUT2D eigenvalue weighted by Gasteiger charge is 2.26. The molecule has 1 aliphatic heterocycles. The Morgan fingerprint density at radius 2 is 2.00 bits per heavy atom. The van der Waals surface area contributed by atoms with Crippen molar-refractivity contribution in [3.63, 3.8) is 0 Å². The Morgan fingerprint density at radius 1 is 1.15 bits per heavy atom. The molecule has 134 valence electrons. The van der Waals surface area contributed by atoms with Crippen LogP contribution in [0.5, 0.6) is 0 Å². The van der Waals surface area contributed by atoms with E-state index in [9.17, 15) is 4.79 Å². The second-order valence-electron chi connectivity index (χ2n) is 6.25. The number of fused-ring (bicyclic) bond motifs is 3. The maximum atomic E-state index is 13.4. The lowest BCUT2D eigenvalue weighted by Crippen LogP contribution is -2.24. The van der Waals surface area contributed by atoms with E-state index in [1.54, 1.807) is 30.0 Å². The van der Waals surface area contributed by atoms with E-state index in [2.05, 4.69) is 21.6 Å². The van der Waals surface area contributed by atoms with Crippen molar-refractivity contribution >= 4 is 23.1 Å². The largest absolute Gasteiger partial charge is 0.334 e. The summed E-state index contributed by atoms with van der Waals surface area (Å²) in [5.41, 5.74) is 3.23. The van der Waals surface area contributed by atoms with Crippen LogP contribution in [0.15, 0.2) is 62.1 Å². The van der Waals surface area contributed by atoms with Gasteiger partial charge in [-0.2, -0.15) is 4.98 Å². The molecule has 0 saturated heterocycles. The number of benzene rings is 1. The average molecular weight is 393 g/mol. The minimum absolute atomic E-state index is 0.0121. The van der Waals surface area contributed by atoms with Gasteiger partial charge >= 0.3 is 0 Å². The molecule has 0 saturated carbocycles. The monoisotopic (exact) mass is 393 g/mol. The maximum Gasteiger partial charge on any atom is 0.260 e. The summed E-state index contributed by atoms with van der Waals surface area (Å²) in [6.07, 6.45) is 0. The smallest absolute Gasteiger partial charge is 0.260 e. The molecule has 0 bridgehead atoms. The molecule has 0 amide bonds. The molecule has 5 nitrogen and oxygen atoms in total. The van der Waals surface area contributed by atoms with Crippen LogP contribution in [0.2, 0.25) is 0 Å². The Labute approximate surface area is 163 Å². The van der Waals surface area contributed by atoms with E-state index in [-0.39, 0.29) is 5.56 Å². The van der Waals surface area contributed by atoms with Gasteiger partial charge in [-0.15, -0.1) is 23.1 Å². The molecule has 0 aliphatic carbocycles. The van der Waals surface area contributed by atoms with Crippen LogP contribution in [0, 0.1) is 6.92 Å². The van der Waals surface area contributed by atoms with E-state index in [0.29, 0.717) is 23.8 Å². The van der Waals surface area contributed by atoms with Crippen LogP contribution in [0.4, 0.5) is 0 Å². The summed E-state index contributed by atoms with van der Waals surface area (Å²) in [6, 6.07) is 13.7. The molecule has 3 aromatic heterocycles. The Morgan fingerprint density at radius 3 is 2.78 bits per heavy atom. The quantitative estimate of drug-likeness (QED) is 0.494. The highest BCUT2D eigenvalue weighted by Crippen LogP contribution is 2.43. The summed E-state index contributed by atoms with van der Waals surface area (Å²) in [5, 5.41) is 6.02. The first-order valence-corrected chi connectivity index (χ1v) is 10.4. The van der Waals surface area contributed by atoms with Crippen molar-refractivity contribution in [2.45, 2.75) is 18.4 Å². The van der Waals surface area contributed by atoms with Crippen molar-refractivity contribution in [1.82, 2.24) is 14.7 Å². The molecule has 0 fully saturated rings. The number of nitrogens with zero attached hydrogens (tertiary/aromatic N) is 3. The van der Waals surface area contributed by atoms with E-state index in [4.69, 9.17) is 4.52 Å². The van der Waals surface area contributed by atoms with Gasteiger partial charge in [-0.25, -0.2) is 0 Å². The summed E-state index contributed by atoms with van der Waals surface area (Å²) in [7, 11) is 0. The zero-order valence-corrected chi connectivity index (χ0v) is 16.1. The standard InChI is InChI=1S/C20H15N3O2S2/c1-12-21-19(25-22-12)15-11-14(13-5-3-2-4-6-13)20(24)23-8-10-26-16-7-9-27-18(16)17(15)23/h2-7,9,11H,8,10H2,1H3. The number of thiophene rings is 1. The number of aromatic nitrogens is 3. The SMILES string of the molecule is Cc1noc(-c2cc(-c3ccccc3)c(=O)n3c2-c2sccc2SCC3)n1. The van der Waals surface area contributed by atoms with E-state index in [1.807, 2.05) is 41.0 Å². The maximum absolute atomic E-state index is 13.4. The van der Waals surface area contributed by atoms with Crippen LogP contribution < -0.4 is 5.56 Å². The van der Waals surface area contributed by atoms with Crippen molar-refractivity contribution in [2.75, 3.05) is 5.75 Å². The molecule has 4 heterocycles. The minimum atomic E-state index is 0.0121. The van der Waals surface area contributed by atoms with E-state index in [1.165, 1.54) is 4.90 Å². The molecule has 0 radical (unpaired) electrons. The van der Waals surface area contributed by atoms with E-state index >= 15 is 0 Å². The normalized spacial score (nSPS) is 13.1. The van der Waals surface area contributed by atoms with Gasteiger partial charge < -0.3 is 9.09 Å². The zero-order valence-electron chi connectivity index (χ0n) is 14.5. The van der Waals surface area contributed by atoms with Gasteiger partial charge in [0.25, 0.3) is 11.4 Å². The fraction of sp³-hybridized carbons (Fsp3) is 0.150. The fourth-order valence-corrected chi connectivity index (χ4v) is 5.50. The van der Waals surface area contributed by atoms with E-state index < -0.39 is 0 Å². The van der Waals surface area contributed by atoms with Crippen LogP contribution in [-0.4, -0.2) is 20.5 Å². The first-order valence-electron chi connectivity index (χ1n) is 8.57. The van der Waals surface area contributed by atoms with Gasteiger partial charge in [0.05, 0.1) is 16.1 Å². The van der Waals surface area contributed by atoms with Crippen molar-refractivity contribution in [3.05, 3.63) is 64.0 Å². The molecule has 27 heavy (non-hydrogen) atoms. The molecular formula is C20H15N3O2S2. The molecule has 1 aromatic carbocycles. The lowest BCUT2D eigenvalue weighted by Gasteiger charge is -2.15. The highest BCUT2D eigenvalue weighted by atomic mass is 32.2. The van der Waals surface area contributed by atoms with Gasteiger partial charge in [0.1, 0.15) is 0 Å². The summed E-state index contributed by atoms with van der Waals surface area (Å²) in [5.74, 6) is 1.86. The number of hydrogen-bond acceptors (Lipinski definition) is 6. The lowest BCUT2D eigenvalue weighted by molar-refractivity contribution is 0.425. The molecule has 0 spiro atoms. The Hall–Kier alpha value is -2.64. The first-order chi connectivity index (χ1) is 13.2. The molecular weight excluding hydrogens is 378 g/mol. The van der Waals surface area contributed by atoms with Gasteiger partial charge in [-0.1, -0.05) is 35.5 Å². The second kappa shape index (κ2) is 6.51. The minimum Gasteiger partial charge on any atom is -0.334 e. The van der Waals surface area contributed by atoms with Crippen LogP contribution in [0.25, 0.3) is 33.2 Å². The van der Waals surface area contributed by atoms with Crippen LogP contribution in [0.3, 0.4) is 0 Å². The first kappa shape index (κ1) is 16.5. The number of pyridine rings is 1. The summed E-state index contributed by atoms with van der Waals surface area (Å²) in [4.78, 5) is 20.1. The van der Waals surface area contributed by atoms with Crippen LogP contribution >= 0.6 is 23.1 Å². The summed E-state index contributed by atoms with van der Waals surface area (Å²) in [6.45, 7) is 2.44. The van der Waals surface area contributed by atoms with Crippen molar-refractivity contribution in [2.24, 2.45) is 0 Å². The van der Waals surface area contributed by atoms with Gasteiger partial charge in [0.2, 0.25) is 0 Å². The predicted octanol–water partition coefficient (Wildman–Crippen LogP) is 4.71. The molecule has 0 atom stereocenters.